The van der Waals surface area contributed by atoms with E-state index in [9.17, 15) is 0 Å². The molecule has 0 aliphatic heterocycles. The van der Waals surface area contributed by atoms with Gasteiger partial charge in [0, 0.05) is 25.3 Å². The number of anilines is 1. The van der Waals surface area contributed by atoms with Crippen LogP contribution in [0.5, 0.6) is 0 Å². The molecule has 100 valence electrons. The Morgan fingerprint density at radius 1 is 1.17 bits per heavy atom. The molecule has 0 saturated heterocycles. The number of nitrogens with two attached hydrogens (primary N) is 1. The highest BCUT2D eigenvalue weighted by molar-refractivity contribution is 5.47. The van der Waals surface area contributed by atoms with Gasteiger partial charge in [0.1, 0.15) is 0 Å². The molecular weight excluding hydrogens is 220 g/mol. The lowest BCUT2D eigenvalue weighted by Gasteiger charge is -2.39. The molecular formula is C16H26N2. The minimum atomic E-state index is 0.542. The summed E-state index contributed by atoms with van der Waals surface area (Å²) in [6, 6.07) is 9.36. The van der Waals surface area contributed by atoms with E-state index < -0.39 is 0 Å². The fourth-order valence-electron chi connectivity index (χ4n) is 2.85. The second-order valence-electron chi connectivity index (χ2n) is 6.38. The maximum absolute atomic E-state index is 5.64. The summed E-state index contributed by atoms with van der Waals surface area (Å²) in [6.45, 7) is 5.40. The highest BCUT2D eigenvalue weighted by Crippen LogP contribution is 2.37. The highest BCUT2D eigenvalue weighted by Gasteiger charge is 2.28. The molecule has 1 fully saturated rings. The van der Waals surface area contributed by atoms with Crippen molar-refractivity contribution in [2.24, 2.45) is 11.1 Å². The van der Waals surface area contributed by atoms with E-state index in [-0.39, 0.29) is 0 Å². The van der Waals surface area contributed by atoms with Crippen LogP contribution in [-0.4, -0.2) is 13.1 Å². The Morgan fingerprint density at radius 3 is 2.22 bits per heavy atom. The Hall–Kier alpha value is -1.02. The van der Waals surface area contributed by atoms with Crippen molar-refractivity contribution in [1.29, 1.82) is 0 Å². The van der Waals surface area contributed by atoms with Gasteiger partial charge in [0.05, 0.1) is 0 Å². The molecule has 2 nitrogen and oxygen atoms in total. The Balaban J connectivity index is 2.00. The predicted molar refractivity (Wildman–Crippen MR) is 78.8 cm³/mol. The van der Waals surface area contributed by atoms with Gasteiger partial charge in [-0.2, -0.15) is 0 Å². The van der Waals surface area contributed by atoms with Crippen molar-refractivity contribution in [2.45, 2.75) is 52.1 Å². The maximum atomic E-state index is 5.64. The molecule has 0 spiro atoms. The lowest BCUT2D eigenvalue weighted by molar-refractivity contribution is 0.222. The molecule has 0 radical (unpaired) electrons. The summed E-state index contributed by atoms with van der Waals surface area (Å²) in [5.74, 6) is 0. The summed E-state index contributed by atoms with van der Waals surface area (Å²) < 4.78 is 0. The summed E-state index contributed by atoms with van der Waals surface area (Å²) >= 11 is 0. The van der Waals surface area contributed by atoms with E-state index in [0.29, 0.717) is 18.0 Å². The summed E-state index contributed by atoms with van der Waals surface area (Å²) in [4.78, 5) is 2.44. The second kappa shape index (κ2) is 5.31. The molecule has 1 aliphatic rings. The maximum Gasteiger partial charge on any atom is 0.0366 e. The van der Waals surface area contributed by atoms with E-state index in [2.05, 4.69) is 50.1 Å². The minimum Gasteiger partial charge on any atom is -0.372 e. The second-order valence-corrected chi connectivity index (χ2v) is 6.38. The topological polar surface area (TPSA) is 29.3 Å². The van der Waals surface area contributed by atoms with Gasteiger partial charge in [-0.3, -0.25) is 0 Å². The Kier molecular flexibility index (Phi) is 3.96. The van der Waals surface area contributed by atoms with Crippen LogP contribution in [0, 0.1) is 5.41 Å². The van der Waals surface area contributed by atoms with E-state index in [4.69, 9.17) is 5.73 Å². The Morgan fingerprint density at radius 2 is 1.72 bits per heavy atom. The first-order valence-electron chi connectivity index (χ1n) is 7.04. The van der Waals surface area contributed by atoms with Gasteiger partial charge in [-0.05, 0) is 48.8 Å². The first kappa shape index (κ1) is 13.4. The smallest absolute Gasteiger partial charge is 0.0366 e. The van der Waals surface area contributed by atoms with Gasteiger partial charge < -0.3 is 10.6 Å². The van der Waals surface area contributed by atoms with Gasteiger partial charge >= 0.3 is 0 Å². The Bertz CT molecular complexity index is 371. The van der Waals surface area contributed by atoms with Crippen LogP contribution in [0.15, 0.2) is 24.3 Å². The number of hydrogen-bond acceptors (Lipinski definition) is 2. The third kappa shape index (κ3) is 3.05. The normalized spacial score (nSPS) is 19.8. The number of hydrogen-bond donors (Lipinski definition) is 1. The number of benzene rings is 1. The van der Waals surface area contributed by atoms with Crippen LogP contribution in [0.4, 0.5) is 5.69 Å². The van der Waals surface area contributed by atoms with E-state index in [1.165, 1.54) is 36.9 Å². The number of rotatable bonds is 3. The minimum absolute atomic E-state index is 0.542. The molecule has 2 N–H and O–H groups in total. The molecule has 0 unspecified atom stereocenters. The molecule has 1 aliphatic carbocycles. The molecule has 1 aromatic carbocycles. The average molecular weight is 246 g/mol. The van der Waals surface area contributed by atoms with Crippen LogP contribution in [0.1, 0.15) is 45.1 Å². The van der Waals surface area contributed by atoms with Crippen LogP contribution >= 0.6 is 0 Å². The van der Waals surface area contributed by atoms with Crippen molar-refractivity contribution in [3.8, 4) is 0 Å². The van der Waals surface area contributed by atoms with E-state index in [1.54, 1.807) is 0 Å². The molecule has 1 aromatic rings. The zero-order valence-corrected chi connectivity index (χ0v) is 11.9. The van der Waals surface area contributed by atoms with Gasteiger partial charge in [-0.25, -0.2) is 0 Å². The van der Waals surface area contributed by atoms with Crippen LogP contribution in [0.25, 0.3) is 0 Å². The van der Waals surface area contributed by atoms with Crippen LogP contribution in [0.2, 0.25) is 0 Å². The van der Waals surface area contributed by atoms with Crippen molar-refractivity contribution >= 4 is 5.69 Å². The predicted octanol–water partition coefficient (Wildman–Crippen LogP) is 3.55. The van der Waals surface area contributed by atoms with Crippen molar-refractivity contribution < 1.29 is 0 Å². The first-order valence-corrected chi connectivity index (χ1v) is 7.04. The lowest BCUT2D eigenvalue weighted by atomic mass is 9.75. The highest BCUT2D eigenvalue weighted by atomic mass is 15.1. The van der Waals surface area contributed by atoms with Crippen molar-refractivity contribution in [3.05, 3.63) is 29.8 Å². The molecule has 1 saturated carbocycles. The molecule has 0 heterocycles. The average Bonchev–Trinajstić information content (AvgIpc) is 2.38. The first-order chi connectivity index (χ1) is 8.52. The van der Waals surface area contributed by atoms with Crippen LogP contribution in [-0.2, 0) is 6.54 Å². The fourth-order valence-corrected chi connectivity index (χ4v) is 2.85. The molecule has 0 atom stereocenters. The van der Waals surface area contributed by atoms with E-state index in [0.717, 1.165) is 0 Å². The van der Waals surface area contributed by atoms with Gasteiger partial charge in [0.15, 0.2) is 0 Å². The zero-order chi connectivity index (χ0) is 13.2. The molecule has 0 aromatic heterocycles. The van der Waals surface area contributed by atoms with Gasteiger partial charge in [-0.1, -0.05) is 26.0 Å². The molecule has 0 bridgehead atoms. The fraction of sp³-hybridized carbons (Fsp3) is 0.625. The largest absolute Gasteiger partial charge is 0.372 e. The summed E-state index contributed by atoms with van der Waals surface area (Å²) in [7, 11) is 2.22. The molecule has 2 heteroatoms. The third-order valence-electron chi connectivity index (χ3n) is 4.44. The van der Waals surface area contributed by atoms with Gasteiger partial charge in [0.25, 0.3) is 0 Å². The quantitative estimate of drug-likeness (QED) is 0.883. The van der Waals surface area contributed by atoms with Crippen molar-refractivity contribution in [3.63, 3.8) is 0 Å². The standard InChI is InChI=1S/C16H26N2/c1-16(2)10-8-15(9-11-16)18(3)14-6-4-13(12-17)5-7-14/h4-7,15H,8-12,17H2,1-3H3. The lowest BCUT2D eigenvalue weighted by Crippen LogP contribution is -2.37. The van der Waals surface area contributed by atoms with E-state index >= 15 is 0 Å². The zero-order valence-electron chi connectivity index (χ0n) is 11.9. The molecule has 18 heavy (non-hydrogen) atoms. The summed E-state index contributed by atoms with van der Waals surface area (Å²) in [6.07, 6.45) is 5.29. The SMILES string of the molecule is CN(c1ccc(CN)cc1)C1CCC(C)(C)CC1. The monoisotopic (exact) mass is 246 g/mol. The third-order valence-corrected chi connectivity index (χ3v) is 4.44. The van der Waals surface area contributed by atoms with Crippen LogP contribution < -0.4 is 10.6 Å². The number of nitrogens with zero attached hydrogens (tertiary/aromatic N) is 1. The Labute approximate surface area is 111 Å². The van der Waals surface area contributed by atoms with Gasteiger partial charge in [-0.15, -0.1) is 0 Å². The summed E-state index contributed by atoms with van der Waals surface area (Å²) in [5, 5.41) is 0. The van der Waals surface area contributed by atoms with E-state index in [1.807, 2.05) is 0 Å². The van der Waals surface area contributed by atoms with Crippen molar-refractivity contribution in [1.82, 2.24) is 0 Å². The molecule has 0 amide bonds. The van der Waals surface area contributed by atoms with Gasteiger partial charge in [0.2, 0.25) is 0 Å². The van der Waals surface area contributed by atoms with Crippen LogP contribution in [0.3, 0.4) is 0 Å². The molecule has 2 rings (SSSR count). The van der Waals surface area contributed by atoms with Crippen molar-refractivity contribution in [2.75, 3.05) is 11.9 Å². The summed E-state index contributed by atoms with van der Waals surface area (Å²) in [5.41, 5.74) is 8.70.